The molecule has 0 saturated carbocycles. The Kier molecular flexibility index (Phi) is 3.36. The summed E-state index contributed by atoms with van der Waals surface area (Å²) in [5.74, 6) is -1.14. The van der Waals surface area contributed by atoms with Gasteiger partial charge in [-0.2, -0.15) is 4.31 Å². The number of benzene rings is 1. The molecule has 1 fully saturated rings. The third-order valence-electron chi connectivity index (χ3n) is 3.23. The first-order valence-corrected chi connectivity index (χ1v) is 7.48. The first kappa shape index (κ1) is 14.3. The van der Waals surface area contributed by atoms with Crippen LogP contribution in [0.4, 0.5) is 0 Å². The third kappa shape index (κ3) is 2.35. The molecule has 1 heterocycles. The van der Waals surface area contributed by atoms with Gasteiger partial charge in [-0.3, -0.25) is 4.79 Å². The number of sulfonamides is 1. The number of carboxylic acid groups (broad SMARTS) is 1. The lowest BCUT2D eigenvalue weighted by molar-refractivity contribution is -0.153. The fourth-order valence-electron chi connectivity index (χ4n) is 2.30. The average Bonchev–Trinajstić information content (AvgIpc) is 2.25. The molecule has 0 radical (unpaired) electrons. The van der Waals surface area contributed by atoms with Crippen molar-refractivity contribution in [1.29, 1.82) is 0 Å². The van der Waals surface area contributed by atoms with Crippen LogP contribution in [0.15, 0.2) is 29.2 Å². The lowest BCUT2D eigenvalue weighted by atomic mass is 9.77. The summed E-state index contributed by atoms with van der Waals surface area (Å²) in [5.41, 5.74) is -0.572. The smallest absolute Gasteiger partial charge is 0.322 e. The van der Waals surface area contributed by atoms with Crippen molar-refractivity contribution in [1.82, 2.24) is 4.31 Å². The minimum absolute atomic E-state index is 0.0155. The number of rotatable bonds is 3. The van der Waals surface area contributed by atoms with E-state index in [-0.39, 0.29) is 11.4 Å². The summed E-state index contributed by atoms with van der Waals surface area (Å²) in [6.45, 7) is 3.64. The van der Waals surface area contributed by atoms with Crippen LogP contribution in [-0.2, 0) is 14.8 Å². The van der Waals surface area contributed by atoms with Gasteiger partial charge in [0.1, 0.15) is 6.04 Å². The third-order valence-corrected chi connectivity index (χ3v) is 5.27. The van der Waals surface area contributed by atoms with E-state index in [9.17, 15) is 18.3 Å². The number of nitrogens with zero attached hydrogens (tertiary/aromatic N) is 1. The average molecular weight is 304 g/mol. The second-order valence-corrected chi connectivity index (χ2v) is 7.56. The Morgan fingerprint density at radius 1 is 1.47 bits per heavy atom. The van der Waals surface area contributed by atoms with E-state index in [4.69, 9.17) is 11.6 Å². The zero-order valence-corrected chi connectivity index (χ0v) is 12.1. The van der Waals surface area contributed by atoms with Crippen LogP contribution in [0.2, 0.25) is 5.02 Å². The highest BCUT2D eigenvalue weighted by molar-refractivity contribution is 7.89. The molecule has 1 unspecified atom stereocenters. The van der Waals surface area contributed by atoms with Gasteiger partial charge in [0.05, 0.1) is 4.90 Å². The molecule has 7 heteroatoms. The second-order valence-electron chi connectivity index (χ2n) is 5.24. The standard InChI is InChI=1S/C12H14ClNO4S/c1-12(2)7-14(10(12)11(15)16)19(17,18)9-5-3-4-8(13)6-9/h3-6,10H,7H2,1-2H3,(H,15,16). The molecule has 1 N–H and O–H groups in total. The van der Waals surface area contributed by atoms with Crippen molar-refractivity contribution in [3.63, 3.8) is 0 Å². The van der Waals surface area contributed by atoms with Gasteiger partial charge in [-0.1, -0.05) is 31.5 Å². The van der Waals surface area contributed by atoms with E-state index in [1.54, 1.807) is 19.9 Å². The van der Waals surface area contributed by atoms with Crippen molar-refractivity contribution >= 4 is 27.6 Å². The molecule has 1 aliphatic rings. The highest BCUT2D eigenvalue weighted by atomic mass is 35.5. The van der Waals surface area contributed by atoms with Gasteiger partial charge in [-0.05, 0) is 18.2 Å². The van der Waals surface area contributed by atoms with Crippen LogP contribution in [0.1, 0.15) is 13.8 Å². The lowest BCUT2D eigenvalue weighted by Crippen LogP contribution is -2.66. The number of hydrogen-bond donors (Lipinski definition) is 1. The van der Waals surface area contributed by atoms with Gasteiger partial charge < -0.3 is 5.11 Å². The maximum atomic E-state index is 12.4. The van der Waals surface area contributed by atoms with Crippen molar-refractivity contribution in [3.05, 3.63) is 29.3 Å². The molecule has 1 aromatic carbocycles. The van der Waals surface area contributed by atoms with E-state index >= 15 is 0 Å². The van der Waals surface area contributed by atoms with Gasteiger partial charge in [0.2, 0.25) is 10.0 Å². The quantitative estimate of drug-likeness (QED) is 0.924. The predicted octanol–water partition coefficient (Wildman–Crippen LogP) is 1.82. The highest BCUT2D eigenvalue weighted by Crippen LogP contribution is 2.41. The largest absolute Gasteiger partial charge is 0.480 e. The first-order chi connectivity index (χ1) is 8.66. The summed E-state index contributed by atoms with van der Waals surface area (Å²) in [7, 11) is -3.82. The molecule has 1 saturated heterocycles. The Labute approximate surface area is 116 Å². The van der Waals surface area contributed by atoms with Gasteiger partial charge in [-0.15, -0.1) is 0 Å². The van der Waals surface area contributed by atoms with E-state index < -0.39 is 27.4 Å². The molecule has 0 spiro atoms. The van der Waals surface area contributed by atoms with E-state index in [0.717, 1.165) is 4.31 Å². The Balaban J connectivity index is 2.40. The first-order valence-electron chi connectivity index (χ1n) is 5.66. The monoisotopic (exact) mass is 303 g/mol. The molecular weight excluding hydrogens is 290 g/mol. The molecule has 5 nitrogen and oxygen atoms in total. The number of hydrogen-bond acceptors (Lipinski definition) is 3. The Hall–Kier alpha value is -1.11. The van der Waals surface area contributed by atoms with Crippen LogP contribution in [-0.4, -0.2) is 36.4 Å². The maximum Gasteiger partial charge on any atom is 0.322 e. The van der Waals surface area contributed by atoms with Crippen LogP contribution in [0.25, 0.3) is 0 Å². The fraction of sp³-hybridized carbons (Fsp3) is 0.417. The summed E-state index contributed by atoms with van der Waals surface area (Å²) in [6, 6.07) is 4.77. The minimum atomic E-state index is -3.82. The van der Waals surface area contributed by atoms with Crippen LogP contribution in [0.3, 0.4) is 0 Å². The molecule has 0 aliphatic carbocycles. The van der Waals surface area contributed by atoms with Crippen LogP contribution >= 0.6 is 11.6 Å². The van der Waals surface area contributed by atoms with E-state index in [1.807, 2.05) is 0 Å². The number of halogens is 1. The lowest BCUT2D eigenvalue weighted by Gasteiger charge is -2.50. The summed E-state index contributed by atoms with van der Waals surface area (Å²) in [6.07, 6.45) is 0. The summed E-state index contributed by atoms with van der Waals surface area (Å²) >= 11 is 5.77. The molecule has 19 heavy (non-hydrogen) atoms. The molecule has 104 valence electrons. The van der Waals surface area contributed by atoms with Gasteiger partial charge >= 0.3 is 5.97 Å². The number of carbonyl (C=O) groups is 1. The van der Waals surface area contributed by atoms with Crippen LogP contribution in [0.5, 0.6) is 0 Å². The molecule has 0 aromatic heterocycles. The topological polar surface area (TPSA) is 74.7 Å². The Morgan fingerprint density at radius 2 is 2.11 bits per heavy atom. The molecule has 1 aromatic rings. The van der Waals surface area contributed by atoms with Crippen molar-refractivity contribution in [3.8, 4) is 0 Å². The zero-order chi connectivity index (χ0) is 14.4. The van der Waals surface area contributed by atoms with Crippen molar-refractivity contribution in [2.45, 2.75) is 24.8 Å². The Bertz CT molecular complexity index is 626. The minimum Gasteiger partial charge on any atom is -0.480 e. The number of aliphatic carboxylic acids is 1. The fourth-order valence-corrected chi connectivity index (χ4v) is 4.51. The zero-order valence-electron chi connectivity index (χ0n) is 10.5. The molecule has 0 bridgehead atoms. The van der Waals surface area contributed by atoms with Gasteiger partial charge in [0.25, 0.3) is 0 Å². The summed E-state index contributed by atoms with van der Waals surface area (Å²) < 4.78 is 25.7. The predicted molar refractivity (Wildman–Crippen MR) is 70.5 cm³/mol. The summed E-state index contributed by atoms with van der Waals surface area (Å²) in [5, 5.41) is 9.47. The van der Waals surface area contributed by atoms with E-state index in [0.29, 0.717) is 5.02 Å². The molecule has 2 rings (SSSR count). The number of carboxylic acids is 1. The van der Waals surface area contributed by atoms with Crippen molar-refractivity contribution in [2.24, 2.45) is 5.41 Å². The maximum absolute atomic E-state index is 12.4. The molecule has 1 atom stereocenters. The SMILES string of the molecule is CC1(C)CN(S(=O)(=O)c2cccc(Cl)c2)C1C(=O)O. The normalized spacial score (nSPS) is 22.8. The van der Waals surface area contributed by atoms with E-state index in [2.05, 4.69) is 0 Å². The highest BCUT2D eigenvalue weighted by Gasteiger charge is 2.55. The van der Waals surface area contributed by atoms with Crippen LogP contribution < -0.4 is 0 Å². The van der Waals surface area contributed by atoms with Crippen LogP contribution in [0, 0.1) is 5.41 Å². The molecular formula is C12H14ClNO4S. The molecule has 1 aliphatic heterocycles. The molecule has 0 amide bonds. The van der Waals surface area contributed by atoms with Crippen molar-refractivity contribution < 1.29 is 18.3 Å². The van der Waals surface area contributed by atoms with Gasteiger partial charge in [-0.25, -0.2) is 8.42 Å². The van der Waals surface area contributed by atoms with E-state index in [1.165, 1.54) is 18.2 Å². The summed E-state index contributed by atoms with van der Waals surface area (Å²) in [4.78, 5) is 11.2. The Morgan fingerprint density at radius 3 is 2.58 bits per heavy atom. The van der Waals surface area contributed by atoms with Gasteiger partial charge in [0.15, 0.2) is 0 Å². The van der Waals surface area contributed by atoms with Gasteiger partial charge in [0, 0.05) is 17.0 Å². The van der Waals surface area contributed by atoms with Crippen molar-refractivity contribution in [2.75, 3.05) is 6.54 Å². The second kappa shape index (κ2) is 4.47.